The molecule has 0 saturated carbocycles. The molecule has 3 aromatic rings. The van der Waals surface area contributed by atoms with Crippen LogP contribution in [0.5, 0.6) is 0 Å². The molecule has 2 aromatic carbocycles. The Kier molecular flexibility index (Phi) is 2.45. The highest BCUT2D eigenvalue weighted by atomic mass is 32.1. The Morgan fingerprint density at radius 2 is 1.26 bits per heavy atom. The second-order valence-corrected chi connectivity index (χ2v) is 5.39. The third kappa shape index (κ3) is 1.87. The van der Waals surface area contributed by atoms with Crippen LogP contribution in [0.4, 0.5) is 0 Å². The lowest BCUT2D eigenvalue weighted by Gasteiger charge is -2.10. The fourth-order valence-corrected chi connectivity index (χ4v) is 3.19. The van der Waals surface area contributed by atoms with E-state index < -0.39 is 0 Å². The summed E-state index contributed by atoms with van der Waals surface area (Å²) in [6.45, 7) is 0. The number of hydrogen-bond acceptors (Lipinski definition) is 3. The normalized spacial score (nSPS) is 12.8. The van der Waals surface area contributed by atoms with Crippen LogP contribution < -0.4 is 0 Å². The molecule has 0 unspecified atom stereocenters. The molecule has 92 valence electrons. The Hall–Kier alpha value is -2.00. The van der Waals surface area contributed by atoms with Crippen molar-refractivity contribution in [3.8, 4) is 22.5 Å². The van der Waals surface area contributed by atoms with E-state index in [0.717, 1.165) is 24.2 Å². The van der Waals surface area contributed by atoms with E-state index in [9.17, 15) is 0 Å². The number of aromatic nitrogens is 2. The third-order valence-corrected chi connectivity index (χ3v) is 4.12. The lowest BCUT2D eigenvalue weighted by atomic mass is 9.95. The Labute approximate surface area is 116 Å². The van der Waals surface area contributed by atoms with Crippen molar-refractivity contribution in [3.05, 3.63) is 59.7 Å². The summed E-state index contributed by atoms with van der Waals surface area (Å²) in [6, 6.07) is 17.3. The van der Waals surface area contributed by atoms with Gasteiger partial charge in [0.2, 0.25) is 0 Å². The van der Waals surface area contributed by atoms with Gasteiger partial charge in [-0.05, 0) is 36.1 Å². The summed E-state index contributed by atoms with van der Waals surface area (Å²) in [7, 11) is 0. The summed E-state index contributed by atoms with van der Waals surface area (Å²) < 4.78 is 8.98. The predicted octanol–water partition coefficient (Wildman–Crippen LogP) is 3.97. The van der Waals surface area contributed by atoms with E-state index >= 15 is 0 Å². The van der Waals surface area contributed by atoms with Crippen molar-refractivity contribution < 1.29 is 0 Å². The molecule has 0 amide bonds. The molecule has 1 heterocycles. The molecule has 3 heteroatoms. The first-order chi connectivity index (χ1) is 9.40. The molecule has 0 fully saturated rings. The Bertz CT molecular complexity index is 684. The van der Waals surface area contributed by atoms with E-state index in [-0.39, 0.29) is 0 Å². The van der Waals surface area contributed by atoms with Gasteiger partial charge in [0.25, 0.3) is 0 Å². The minimum Gasteiger partial charge on any atom is -0.172 e. The van der Waals surface area contributed by atoms with Crippen LogP contribution in [0.15, 0.2) is 48.5 Å². The number of fused-ring (bicyclic) bond motifs is 7. The largest absolute Gasteiger partial charge is 0.172 e. The molecular weight excluding hydrogens is 252 g/mol. The van der Waals surface area contributed by atoms with E-state index in [1.54, 1.807) is 0 Å². The highest BCUT2D eigenvalue weighted by Gasteiger charge is 2.14. The van der Waals surface area contributed by atoms with Crippen molar-refractivity contribution in [1.29, 1.82) is 0 Å². The zero-order valence-electron chi connectivity index (χ0n) is 10.3. The highest BCUT2D eigenvalue weighted by molar-refractivity contribution is 6.99. The molecule has 0 aliphatic heterocycles. The van der Waals surface area contributed by atoms with Gasteiger partial charge in [-0.25, -0.2) is 0 Å². The number of aryl methyl sites for hydroxylation is 2. The van der Waals surface area contributed by atoms with Crippen molar-refractivity contribution in [2.45, 2.75) is 12.8 Å². The molecule has 1 aliphatic rings. The summed E-state index contributed by atoms with van der Waals surface area (Å²) in [6.07, 6.45) is 2.15. The van der Waals surface area contributed by atoms with Gasteiger partial charge in [0, 0.05) is 11.1 Å². The number of rotatable bonds is 0. The molecule has 0 spiro atoms. The maximum atomic E-state index is 4.49. The van der Waals surface area contributed by atoms with Crippen LogP contribution in [0, 0.1) is 0 Å². The highest BCUT2D eigenvalue weighted by Crippen LogP contribution is 2.32. The summed E-state index contributed by atoms with van der Waals surface area (Å²) in [5.41, 5.74) is 7.09. The topological polar surface area (TPSA) is 25.8 Å². The summed E-state index contributed by atoms with van der Waals surface area (Å²) in [4.78, 5) is 0. The fraction of sp³-hybridized carbons (Fsp3) is 0.125. The fourth-order valence-electron chi connectivity index (χ4n) is 2.60. The van der Waals surface area contributed by atoms with Crippen LogP contribution in [0.25, 0.3) is 22.5 Å². The predicted molar refractivity (Wildman–Crippen MR) is 78.2 cm³/mol. The first kappa shape index (κ1) is 10.9. The molecule has 4 bridgehead atoms. The van der Waals surface area contributed by atoms with Gasteiger partial charge in [0.15, 0.2) is 0 Å². The second kappa shape index (κ2) is 4.28. The van der Waals surface area contributed by atoms with E-state index in [4.69, 9.17) is 0 Å². The van der Waals surface area contributed by atoms with Crippen molar-refractivity contribution in [1.82, 2.24) is 8.75 Å². The maximum Gasteiger partial charge on any atom is 0.112 e. The second-order valence-electron chi connectivity index (χ2n) is 4.86. The molecule has 0 radical (unpaired) electrons. The lowest BCUT2D eigenvalue weighted by Crippen LogP contribution is -1.95. The number of nitrogens with zero attached hydrogens (tertiary/aromatic N) is 2. The van der Waals surface area contributed by atoms with E-state index in [1.165, 1.54) is 34.0 Å². The van der Waals surface area contributed by atoms with Crippen molar-refractivity contribution in [3.63, 3.8) is 0 Å². The van der Waals surface area contributed by atoms with Crippen molar-refractivity contribution >= 4 is 11.7 Å². The molecule has 0 N–H and O–H groups in total. The molecule has 1 aliphatic carbocycles. The van der Waals surface area contributed by atoms with E-state index in [1.807, 2.05) is 0 Å². The van der Waals surface area contributed by atoms with Crippen LogP contribution in [0.3, 0.4) is 0 Å². The Morgan fingerprint density at radius 1 is 0.737 bits per heavy atom. The zero-order valence-corrected chi connectivity index (χ0v) is 11.2. The summed E-state index contributed by atoms with van der Waals surface area (Å²) >= 11 is 1.29. The van der Waals surface area contributed by atoms with E-state index in [2.05, 4.69) is 57.3 Å². The van der Waals surface area contributed by atoms with Gasteiger partial charge in [-0.1, -0.05) is 36.4 Å². The molecule has 4 rings (SSSR count). The molecule has 19 heavy (non-hydrogen) atoms. The molecule has 0 saturated heterocycles. The van der Waals surface area contributed by atoms with Crippen LogP contribution in [-0.2, 0) is 12.8 Å². The molecule has 1 aromatic heterocycles. The van der Waals surface area contributed by atoms with Gasteiger partial charge in [-0.2, -0.15) is 8.75 Å². The quantitative estimate of drug-likeness (QED) is 0.614. The van der Waals surface area contributed by atoms with Gasteiger partial charge in [-0.3, -0.25) is 0 Å². The van der Waals surface area contributed by atoms with Crippen molar-refractivity contribution in [2.75, 3.05) is 0 Å². The summed E-state index contributed by atoms with van der Waals surface area (Å²) in [5, 5.41) is 0. The molecular formula is C16H12N2S. The van der Waals surface area contributed by atoms with E-state index in [0.29, 0.717) is 0 Å². The van der Waals surface area contributed by atoms with Gasteiger partial charge in [0.1, 0.15) is 11.4 Å². The maximum absolute atomic E-state index is 4.49. The van der Waals surface area contributed by atoms with Crippen LogP contribution in [-0.4, -0.2) is 8.75 Å². The van der Waals surface area contributed by atoms with Crippen LogP contribution in [0.2, 0.25) is 0 Å². The average molecular weight is 264 g/mol. The summed E-state index contributed by atoms with van der Waals surface area (Å²) in [5.74, 6) is 0. The van der Waals surface area contributed by atoms with Crippen molar-refractivity contribution in [2.24, 2.45) is 0 Å². The van der Waals surface area contributed by atoms with Gasteiger partial charge in [0.05, 0.1) is 11.7 Å². The van der Waals surface area contributed by atoms with Gasteiger partial charge < -0.3 is 0 Å². The Balaban J connectivity index is 2.02. The smallest absolute Gasteiger partial charge is 0.112 e. The van der Waals surface area contributed by atoms with Crippen LogP contribution in [0.1, 0.15) is 11.1 Å². The average Bonchev–Trinajstić information content (AvgIpc) is 2.94. The van der Waals surface area contributed by atoms with Gasteiger partial charge >= 0.3 is 0 Å². The van der Waals surface area contributed by atoms with Gasteiger partial charge in [-0.15, -0.1) is 0 Å². The third-order valence-electron chi connectivity index (χ3n) is 3.59. The molecule has 0 atom stereocenters. The number of benzene rings is 2. The standard InChI is InChI=1S/C16H12N2S/c1-3-11-7-8-12-4-2-6-14(10-12)16-15(17-19-18-16)13(5-1)9-11/h1-6,9-10H,7-8H2. The minimum absolute atomic E-state index is 1.01. The SMILES string of the molecule is c1cc2cc(c1)-c1nsnc1-c1cccc(c1)CC2. The lowest BCUT2D eigenvalue weighted by molar-refractivity contribution is 0.960. The van der Waals surface area contributed by atoms with Crippen LogP contribution >= 0.6 is 11.7 Å². The first-order valence-electron chi connectivity index (χ1n) is 6.41. The molecule has 2 nitrogen and oxygen atoms in total. The first-order valence-corrected chi connectivity index (χ1v) is 7.14. The monoisotopic (exact) mass is 264 g/mol. The Morgan fingerprint density at radius 3 is 1.79 bits per heavy atom. The zero-order chi connectivity index (χ0) is 12.7. The minimum atomic E-state index is 1.01. The number of hydrogen-bond donors (Lipinski definition) is 0.